The molecule has 3 aromatic heterocycles. The molecule has 144 valence electrons. The molecule has 0 unspecified atom stereocenters. The zero-order valence-electron chi connectivity index (χ0n) is 15.8. The van der Waals surface area contributed by atoms with Gasteiger partial charge in [-0.3, -0.25) is 9.88 Å². The van der Waals surface area contributed by atoms with E-state index in [2.05, 4.69) is 22.0 Å². The second-order valence-corrected chi connectivity index (χ2v) is 7.56. The minimum atomic E-state index is 0.652. The molecule has 5 nitrogen and oxygen atoms in total. The third-order valence-corrected chi connectivity index (χ3v) is 5.34. The Morgan fingerprint density at radius 3 is 2.72 bits per heavy atom. The number of halogens is 1. The molecule has 0 spiro atoms. The van der Waals surface area contributed by atoms with Gasteiger partial charge >= 0.3 is 0 Å². The molecule has 0 saturated heterocycles. The summed E-state index contributed by atoms with van der Waals surface area (Å²) < 4.78 is 5.41. The summed E-state index contributed by atoms with van der Waals surface area (Å²) in [6, 6.07) is 17.7. The molecular weight excluding hydrogens is 384 g/mol. The number of aromatic nitrogens is 3. The molecule has 4 heterocycles. The van der Waals surface area contributed by atoms with E-state index >= 15 is 0 Å². The van der Waals surface area contributed by atoms with Crippen molar-refractivity contribution in [2.75, 3.05) is 6.54 Å². The van der Waals surface area contributed by atoms with Crippen molar-refractivity contribution >= 4 is 11.6 Å². The number of rotatable bonds is 4. The number of fused-ring (bicyclic) bond motifs is 1. The van der Waals surface area contributed by atoms with Crippen LogP contribution in [-0.2, 0) is 19.5 Å². The van der Waals surface area contributed by atoms with Crippen LogP contribution in [-0.4, -0.2) is 26.4 Å². The summed E-state index contributed by atoms with van der Waals surface area (Å²) >= 11 is 6.00. The Labute approximate surface area is 174 Å². The molecule has 0 aliphatic carbocycles. The van der Waals surface area contributed by atoms with Crippen LogP contribution < -0.4 is 0 Å². The summed E-state index contributed by atoms with van der Waals surface area (Å²) in [6.45, 7) is 2.55. The molecule has 29 heavy (non-hydrogen) atoms. The molecule has 0 radical (unpaired) electrons. The van der Waals surface area contributed by atoms with Crippen LogP contribution in [0.4, 0.5) is 0 Å². The fraction of sp³-hybridized carbons (Fsp3) is 0.174. The van der Waals surface area contributed by atoms with Gasteiger partial charge < -0.3 is 4.42 Å². The van der Waals surface area contributed by atoms with Crippen molar-refractivity contribution < 1.29 is 4.42 Å². The quantitative estimate of drug-likeness (QED) is 0.480. The van der Waals surface area contributed by atoms with Crippen molar-refractivity contribution in [3.8, 4) is 22.8 Å². The third-order valence-electron chi connectivity index (χ3n) is 5.09. The number of hydrogen-bond acceptors (Lipinski definition) is 5. The summed E-state index contributed by atoms with van der Waals surface area (Å²) in [7, 11) is 0. The van der Waals surface area contributed by atoms with Gasteiger partial charge in [0.25, 0.3) is 0 Å². The number of hydrogen-bond donors (Lipinski definition) is 0. The molecule has 0 saturated carbocycles. The molecule has 6 heteroatoms. The number of benzene rings is 1. The van der Waals surface area contributed by atoms with Crippen molar-refractivity contribution in [1.29, 1.82) is 0 Å². The fourth-order valence-corrected chi connectivity index (χ4v) is 3.74. The highest BCUT2D eigenvalue weighted by atomic mass is 35.5. The first-order valence-corrected chi connectivity index (χ1v) is 9.95. The van der Waals surface area contributed by atoms with E-state index in [1.165, 1.54) is 5.56 Å². The first kappa shape index (κ1) is 18.0. The van der Waals surface area contributed by atoms with Crippen molar-refractivity contribution in [3.05, 3.63) is 89.0 Å². The Balaban J connectivity index is 1.31. The summed E-state index contributed by atoms with van der Waals surface area (Å²) in [5, 5.41) is 0.731. The highest BCUT2D eigenvalue weighted by molar-refractivity contribution is 6.30. The van der Waals surface area contributed by atoms with Gasteiger partial charge in [-0.25, -0.2) is 9.97 Å². The van der Waals surface area contributed by atoms with E-state index in [9.17, 15) is 0 Å². The van der Waals surface area contributed by atoms with Crippen LogP contribution in [0.15, 0.2) is 71.5 Å². The van der Waals surface area contributed by atoms with Crippen LogP contribution in [0.5, 0.6) is 0 Å². The maximum Gasteiger partial charge on any atom is 0.195 e. The van der Waals surface area contributed by atoms with Crippen LogP contribution in [0.3, 0.4) is 0 Å². The van der Waals surface area contributed by atoms with Gasteiger partial charge in [0, 0.05) is 48.4 Å². The van der Waals surface area contributed by atoms with Crippen LogP contribution >= 0.6 is 11.6 Å². The lowest BCUT2D eigenvalue weighted by molar-refractivity contribution is 0.240. The summed E-state index contributed by atoms with van der Waals surface area (Å²) in [4.78, 5) is 16.4. The number of pyridine rings is 1. The van der Waals surface area contributed by atoms with Crippen molar-refractivity contribution in [2.45, 2.75) is 19.5 Å². The summed E-state index contributed by atoms with van der Waals surface area (Å²) in [6.07, 6.45) is 4.46. The second-order valence-electron chi connectivity index (χ2n) is 7.12. The Morgan fingerprint density at radius 2 is 1.90 bits per heavy atom. The van der Waals surface area contributed by atoms with E-state index in [0.29, 0.717) is 11.6 Å². The highest BCUT2D eigenvalue weighted by Crippen LogP contribution is 2.23. The van der Waals surface area contributed by atoms with Gasteiger partial charge in [-0.15, -0.1) is 0 Å². The topological polar surface area (TPSA) is 55.1 Å². The number of nitrogens with zero attached hydrogens (tertiary/aromatic N) is 4. The first-order chi connectivity index (χ1) is 14.2. The van der Waals surface area contributed by atoms with Crippen LogP contribution in [0.2, 0.25) is 5.02 Å². The molecule has 0 amide bonds. The van der Waals surface area contributed by atoms with E-state index < -0.39 is 0 Å². The van der Waals surface area contributed by atoms with Crippen molar-refractivity contribution in [1.82, 2.24) is 19.9 Å². The van der Waals surface area contributed by atoms with Gasteiger partial charge in [0.15, 0.2) is 11.6 Å². The van der Waals surface area contributed by atoms with Gasteiger partial charge in [0.2, 0.25) is 0 Å². The Hall–Kier alpha value is -3.02. The molecule has 4 aromatic rings. The summed E-state index contributed by atoms with van der Waals surface area (Å²) in [5.41, 5.74) is 5.35. The Kier molecular flexibility index (Phi) is 4.84. The highest BCUT2D eigenvalue weighted by Gasteiger charge is 2.20. The fourth-order valence-electron chi connectivity index (χ4n) is 3.61. The minimum absolute atomic E-state index is 0.652. The average Bonchev–Trinajstić information content (AvgIpc) is 3.29. The molecule has 0 N–H and O–H groups in total. The Bertz CT molecular complexity index is 1130. The van der Waals surface area contributed by atoms with Gasteiger partial charge in [0.05, 0.1) is 23.3 Å². The molecule has 0 atom stereocenters. The van der Waals surface area contributed by atoms with E-state index in [1.807, 2.05) is 48.7 Å². The maximum atomic E-state index is 6.00. The molecule has 0 fully saturated rings. The van der Waals surface area contributed by atoms with Crippen molar-refractivity contribution in [2.24, 2.45) is 0 Å². The van der Waals surface area contributed by atoms with Gasteiger partial charge in [-0.05, 0) is 36.4 Å². The van der Waals surface area contributed by atoms with Crippen LogP contribution in [0.1, 0.15) is 17.0 Å². The zero-order chi connectivity index (χ0) is 19.6. The lowest BCUT2D eigenvalue weighted by Crippen LogP contribution is -2.31. The number of furan rings is 1. The predicted octanol–water partition coefficient (Wildman–Crippen LogP) is 5.01. The zero-order valence-corrected chi connectivity index (χ0v) is 16.5. The molecule has 1 aromatic carbocycles. The van der Waals surface area contributed by atoms with Gasteiger partial charge in [-0.1, -0.05) is 29.8 Å². The minimum Gasteiger partial charge on any atom is -0.461 e. The molecule has 5 rings (SSSR count). The smallest absolute Gasteiger partial charge is 0.195 e. The van der Waals surface area contributed by atoms with Gasteiger partial charge in [-0.2, -0.15) is 0 Å². The average molecular weight is 403 g/mol. The SMILES string of the molecule is Clc1ccc(-c2cccc(CN3CCc4nc(-c5ccco5)ncc4C3)n2)cc1. The maximum absolute atomic E-state index is 6.00. The first-order valence-electron chi connectivity index (χ1n) is 9.57. The predicted molar refractivity (Wildman–Crippen MR) is 112 cm³/mol. The lowest BCUT2D eigenvalue weighted by Gasteiger charge is -2.27. The monoisotopic (exact) mass is 402 g/mol. The second kappa shape index (κ2) is 7.78. The van der Waals surface area contributed by atoms with E-state index in [4.69, 9.17) is 26.0 Å². The standard InChI is InChI=1S/C23H19ClN4O/c24-18-8-6-16(7-9-18)20-4-1-3-19(26-20)15-28-11-10-21-17(14-28)13-25-23(27-21)22-5-2-12-29-22/h1-9,12-13H,10-11,14-15H2. The third kappa shape index (κ3) is 3.92. The molecule has 1 aliphatic heterocycles. The van der Waals surface area contributed by atoms with Gasteiger partial charge in [0.1, 0.15) is 0 Å². The van der Waals surface area contributed by atoms with Crippen LogP contribution in [0, 0.1) is 0 Å². The largest absolute Gasteiger partial charge is 0.461 e. The van der Waals surface area contributed by atoms with E-state index in [-0.39, 0.29) is 0 Å². The molecule has 1 aliphatic rings. The van der Waals surface area contributed by atoms with E-state index in [1.54, 1.807) is 6.26 Å². The normalized spacial score (nSPS) is 14.0. The van der Waals surface area contributed by atoms with E-state index in [0.717, 1.165) is 53.7 Å². The molecule has 0 bridgehead atoms. The summed E-state index contributed by atoms with van der Waals surface area (Å²) in [5.74, 6) is 1.36. The van der Waals surface area contributed by atoms with Crippen molar-refractivity contribution in [3.63, 3.8) is 0 Å². The Morgan fingerprint density at radius 1 is 1.00 bits per heavy atom. The molecular formula is C23H19ClN4O. The van der Waals surface area contributed by atoms with Crippen LogP contribution in [0.25, 0.3) is 22.8 Å². The lowest BCUT2D eigenvalue weighted by atomic mass is 10.1.